The van der Waals surface area contributed by atoms with E-state index in [-0.39, 0.29) is 0 Å². The number of hydrogen-bond donors (Lipinski definition) is 0. The maximum absolute atomic E-state index is 5.74. The molecule has 0 saturated carbocycles. The van der Waals surface area contributed by atoms with Crippen LogP contribution in [0.25, 0.3) is 0 Å². The van der Waals surface area contributed by atoms with Crippen LogP contribution in [0.4, 0.5) is 0 Å². The zero-order chi connectivity index (χ0) is 8.39. The Morgan fingerprint density at radius 2 is 2.33 bits per heavy atom. The highest BCUT2D eigenvalue weighted by Gasteiger charge is 2.40. The third kappa shape index (κ3) is 1.73. The lowest BCUT2D eigenvalue weighted by atomic mass is 9.90. The van der Waals surface area contributed by atoms with Gasteiger partial charge in [0.1, 0.15) is 0 Å². The summed E-state index contributed by atoms with van der Waals surface area (Å²) in [5.41, 5.74) is 0. The van der Waals surface area contributed by atoms with Crippen molar-refractivity contribution in [1.29, 1.82) is 0 Å². The third-order valence-electron chi connectivity index (χ3n) is 2.91. The van der Waals surface area contributed by atoms with Crippen molar-refractivity contribution in [3.05, 3.63) is 0 Å². The minimum absolute atomic E-state index is 0.545. The first-order valence-corrected chi connectivity index (χ1v) is 6.54. The molecule has 0 N–H and O–H groups in total. The Hall–Kier alpha value is 0.137. The molecule has 2 heterocycles. The zero-order valence-corrected chi connectivity index (χ0v) is 9.79. The van der Waals surface area contributed by atoms with Gasteiger partial charge in [0, 0.05) is 22.8 Å². The van der Waals surface area contributed by atoms with Crippen molar-refractivity contribution in [3.8, 4) is 0 Å². The summed E-state index contributed by atoms with van der Waals surface area (Å²) >= 11 is 0. The number of hydrogen-bond acceptors (Lipinski definition) is 2. The molecule has 3 heteroatoms. The lowest BCUT2D eigenvalue weighted by molar-refractivity contribution is 0.0559. The lowest BCUT2D eigenvalue weighted by Crippen LogP contribution is -2.21. The van der Waals surface area contributed by atoms with E-state index in [0.717, 1.165) is 19.1 Å². The van der Waals surface area contributed by atoms with E-state index in [1.807, 2.05) is 0 Å². The van der Waals surface area contributed by atoms with Crippen LogP contribution in [0.3, 0.4) is 0 Å². The van der Waals surface area contributed by atoms with Crippen molar-refractivity contribution in [2.24, 2.45) is 5.92 Å². The van der Waals surface area contributed by atoms with Gasteiger partial charge in [0.05, 0.1) is 18.8 Å². The average molecular weight is 186 g/mol. The van der Waals surface area contributed by atoms with E-state index < -0.39 is 0 Å². The molecule has 0 aliphatic carbocycles. The molecule has 2 aliphatic rings. The molecule has 70 valence electrons. The topological polar surface area (TPSA) is 18.5 Å². The molecule has 0 radical (unpaired) electrons. The highest BCUT2D eigenvalue weighted by Crippen LogP contribution is 2.38. The molecule has 2 saturated heterocycles. The zero-order valence-electron chi connectivity index (χ0n) is 7.79. The van der Waals surface area contributed by atoms with Gasteiger partial charge in [0.25, 0.3) is 0 Å². The molecule has 0 aromatic heterocycles. The van der Waals surface area contributed by atoms with Crippen LogP contribution in [0.1, 0.15) is 19.3 Å². The van der Waals surface area contributed by atoms with Crippen LogP contribution in [0, 0.1) is 5.92 Å². The Morgan fingerprint density at radius 1 is 1.42 bits per heavy atom. The Kier molecular flexibility index (Phi) is 2.83. The van der Waals surface area contributed by atoms with E-state index in [9.17, 15) is 0 Å². The van der Waals surface area contributed by atoms with Crippen LogP contribution >= 0.6 is 0 Å². The predicted octanol–water partition coefficient (Wildman–Crippen LogP) is 0.354. The predicted molar refractivity (Wildman–Crippen MR) is 51.6 cm³/mol. The molecular weight excluding hydrogens is 168 g/mol. The van der Waals surface area contributed by atoms with Crippen molar-refractivity contribution in [1.82, 2.24) is 0 Å². The second-order valence-corrected chi connectivity index (χ2v) is 4.94. The van der Waals surface area contributed by atoms with Gasteiger partial charge in [-0.25, -0.2) is 0 Å². The number of rotatable bonds is 4. The lowest BCUT2D eigenvalue weighted by Gasteiger charge is -2.17. The van der Waals surface area contributed by atoms with Crippen molar-refractivity contribution in [2.75, 3.05) is 13.2 Å². The van der Waals surface area contributed by atoms with Gasteiger partial charge in [0.15, 0.2) is 0 Å². The second kappa shape index (κ2) is 3.90. The van der Waals surface area contributed by atoms with E-state index in [1.165, 1.54) is 35.5 Å². The fraction of sp³-hybridized carbons (Fsp3) is 1.00. The molecule has 2 fully saturated rings. The van der Waals surface area contributed by atoms with Crippen LogP contribution in [0.15, 0.2) is 0 Å². The average Bonchev–Trinajstić information content (AvgIpc) is 2.65. The Bertz CT molecular complexity index is 151. The first kappa shape index (κ1) is 8.72. The van der Waals surface area contributed by atoms with Gasteiger partial charge in [-0.2, -0.15) is 0 Å². The minimum atomic E-state index is 0.545. The maximum Gasteiger partial charge on any atom is 0.0630 e. The largest absolute Gasteiger partial charge is 0.381 e. The standard InChI is InChI=1S/C9H18O2Si/c12-4-3-10-6-7-5-8-1-2-9(7)11-8/h7-9H,1-6H2,12H3. The summed E-state index contributed by atoms with van der Waals surface area (Å²) in [5.74, 6) is 0.719. The van der Waals surface area contributed by atoms with Crippen LogP contribution < -0.4 is 0 Å². The molecule has 0 spiro atoms. The van der Waals surface area contributed by atoms with Crippen molar-refractivity contribution < 1.29 is 9.47 Å². The summed E-state index contributed by atoms with van der Waals surface area (Å²) in [6.07, 6.45) is 4.96. The van der Waals surface area contributed by atoms with Crippen LogP contribution in [-0.4, -0.2) is 35.7 Å². The van der Waals surface area contributed by atoms with E-state index in [2.05, 4.69) is 0 Å². The second-order valence-electron chi connectivity index (χ2n) is 3.94. The number of ether oxygens (including phenoxy) is 2. The summed E-state index contributed by atoms with van der Waals surface area (Å²) < 4.78 is 11.3. The van der Waals surface area contributed by atoms with Gasteiger partial charge in [-0.05, 0) is 25.3 Å². The fourth-order valence-corrected chi connectivity index (χ4v) is 2.59. The number of fused-ring (bicyclic) bond motifs is 2. The fourth-order valence-electron chi connectivity index (χ4n) is 2.30. The molecule has 2 nitrogen and oxygen atoms in total. The van der Waals surface area contributed by atoms with Gasteiger partial charge < -0.3 is 9.47 Å². The molecule has 12 heavy (non-hydrogen) atoms. The minimum Gasteiger partial charge on any atom is -0.381 e. The summed E-state index contributed by atoms with van der Waals surface area (Å²) in [6.45, 7) is 1.92. The van der Waals surface area contributed by atoms with Crippen molar-refractivity contribution >= 4 is 10.2 Å². The van der Waals surface area contributed by atoms with E-state index in [4.69, 9.17) is 9.47 Å². The highest BCUT2D eigenvalue weighted by molar-refractivity contribution is 6.08. The first-order chi connectivity index (χ1) is 5.90. The first-order valence-electron chi connectivity index (χ1n) is 5.13. The normalized spacial score (nSPS) is 39.5. The van der Waals surface area contributed by atoms with Gasteiger partial charge in [0.2, 0.25) is 0 Å². The van der Waals surface area contributed by atoms with Crippen molar-refractivity contribution in [2.45, 2.75) is 37.5 Å². The van der Waals surface area contributed by atoms with Crippen LogP contribution in [0.5, 0.6) is 0 Å². The van der Waals surface area contributed by atoms with E-state index in [0.29, 0.717) is 12.2 Å². The summed E-state index contributed by atoms with van der Waals surface area (Å²) in [6, 6.07) is 1.27. The maximum atomic E-state index is 5.74. The summed E-state index contributed by atoms with van der Waals surface area (Å²) in [5, 5.41) is 0. The Labute approximate surface area is 77.0 Å². The van der Waals surface area contributed by atoms with E-state index in [1.54, 1.807) is 0 Å². The summed E-state index contributed by atoms with van der Waals surface area (Å²) in [7, 11) is 1.27. The summed E-state index contributed by atoms with van der Waals surface area (Å²) in [4.78, 5) is 0. The van der Waals surface area contributed by atoms with Crippen LogP contribution in [-0.2, 0) is 9.47 Å². The van der Waals surface area contributed by atoms with Gasteiger partial charge >= 0.3 is 0 Å². The Morgan fingerprint density at radius 3 is 2.92 bits per heavy atom. The molecule has 3 unspecified atom stereocenters. The molecule has 2 aliphatic heterocycles. The third-order valence-corrected chi connectivity index (χ3v) is 3.32. The van der Waals surface area contributed by atoms with Crippen LogP contribution in [0.2, 0.25) is 6.04 Å². The van der Waals surface area contributed by atoms with Gasteiger partial charge in [-0.1, -0.05) is 0 Å². The smallest absolute Gasteiger partial charge is 0.0630 e. The molecule has 0 aromatic carbocycles. The molecular formula is C9H18O2Si. The molecule has 2 bridgehead atoms. The van der Waals surface area contributed by atoms with Gasteiger partial charge in [-0.15, -0.1) is 0 Å². The van der Waals surface area contributed by atoms with Gasteiger partial charge in [-0.3, -0.25) is 0 Å². The molecule has 3 atom stereocenters. The quantitative estimate of drug-likeness (QED) is 0.466. The molecule has 0 amide bonds. The Balaban J connectivity index is 1.69. The monoisotopic (exact) mass is 186 g/mol. The SMILES string of the molecule is [SiH3]CCOCC1CC2CCC1O2. The van der Waals surface area contributed by atoms with Crippen molar-refractivity contribution in [3.63, 3.8) is 0 Å². The highest BCUT2D eigenvalue weighted by atomic mass is 28.1. The van der Waals surface area contributed by atoms with E-state index >= 15 is 0 Å². The molecule has 0 aromatic rings. The molecule has 2 rings (SSSR count).